The fraction of sp³-hybridized carbons (Fsp3) is 0. The summed E-state index contributed by atoms with van der Waals surface area (Å²) in [5.41, 5.74) is -1.45. The lowest BCUT2D eigenvalue weighted by Crippen LogP contribution is -1.97. The molecule has 0 N–H and O–H groups in total. The highest BCUT2D eigenvalue weighted by Crippen LogP contribution is 2.30. The summed E-state index contributed by atoms with van der Waals surface area (Å²) in [6.07, 6.45) is 0. The summed E-state index contributed by atoms with van der Waals surface area (Å²) in [5, 5.41) is 17.3. The summed E-state index contributed by atoms with van der Waals surface area (Å²) in [5.74, 6) is -2.55. The molecule has 0 aliphatic heterocycles. The molecule has 0 saturated heterocycles. The van der Waals surface area contributed by atoms with E-state index < -0.39 is 27.8 Å². The van der Waals surface area contributed by atoms with Crippen LogP contribution in [0.1, 0.15) is 0 Å². The monoisotopic (exact) mass is 305 g/mol. The second-order valence-electron chi connectivity index (χ2n) is 2.90. The summed E-state index contributed by atoms with van der Waals surface area (Å²) >= 11 is 2.83. The molecule has 0 radical (unpaired) electrons. The first kappa shape index (κ1) is 11.6. The van der Waals surface area contributed by atoms with E-state index in [1.54, 1.807) is 0 Å². The van der Waals surface area contributed by atoms with Crippen molar-refractivity contribution in [1.29, 1.82) is 0 Å². The molecule has 0 unspecified atom stereocenters. The highest BCUT2D eigenvalue weighted by Gasteiger charge is 2.24. The maximum atomic E-state index is 13.6. The van der Waals surface area contributed by atoms with Crippen molar-refractivity contribution in [2.24, 2.45) is 0 Å². The van der Waals surface area contributed by atoms with Gasteiger partial charge >= 0.3 is 5.69 Å². The largest absolute Gasteiger partial charge is 0.411 e. The van der Waals surface area contributed by atoms with Crippen LogP contribution in [0.2, 0.25) is 0 Å². The van der Waals surface area contributed by atoms with Gasteiger partial charge in [-0.25, -0.2) is 4.39 Å². The van der Waals surface area contributed by atoms with Crippen molar-refractivity contribution in [3.8, 4) is 11.5 Å². The molecular formula is C8H2BrF2N3O3. The van der Waals surface area contributed by atoms with E-state index in [-0.39, 0.29) is 10.7 Å². The Morgan fingerprint density at radius 1 is 1.35 bits per heavy atom. The third-order valence-electron chi connectivity index (χ3n) is 1.85. The summed E-state index contributed by atoms with van der Waals surface area (Å²) in [4.78, 5) is 9.41. The zero-order valence-corrected chi connectivity index (χ0v) is 9.44. The highest BCUT2D eigenvalue weighted by atomic mass is 79.9. The minimum absolute atomic E-state index is 0.0428. The van der Waals surface area contributed by atoms with E-state index in [2.05, 4.69) is 26.1 Å². The minimum Gasteiger partial charge on any atom is -0.411 e. The molecule has 2 aromatic rings. The van der Waals surface area contributed by atoms with Gasteiger partial charge in [0.1, 0.15) is 5.82 Å². The van der Waals surface area contributed by atoms with E-state index >= 15 is 0 Å². The summed E-state index contributed by atoms with van der Waals surface area (Å²) in [6, 6.07) is 1.21. The molecule has 0 bridgehead atoms. The van der Waals surface area contributed by atoms with Crippen LogP contribution in [0, 0.1) is 21.7 Å². The molecule has 0 aliphatic rings. The van der Waals surface area contributed by atoms with Gasteiger partial charge in [-0.2, -0.15) is 4.39 Å². The number of nitro groups is 1. The third kappa shape index (κ3) is 2.13. The minimum atomic E-state index is -1.23. The number of benzene rings is 1. The second-order valence-corrected chi connectivity index (χ2v) is 3.58. The SMILES string of the molecule is O=[N+]([O-])c1cc(F)cc(-c2nnc(Br)o2)c1F. The van der Waals surface area contributed by atoms with Gasteiger partial charge in [-0.05, 0) is 6.07 Å². The Balaban J connectivity index is 2.66. The average Bonchev–Trinajstić information content (AvgIpc) is 2.67. The molecule has 9 heteroatoms. The van der Waals surface area contributed by atoms with Gasteiger partial charge in [-0.3, -0.25) is 10.1 Å². The molecule has 88 valence electrons. The van der Waals surface area contributed by atoms with E-state index in [1.807, 2.05) is 0 Å². The predicted molar refractivity (Wildman–Crippen MR) is 54.0 cm³/mol. The molecular weight excluding hydrogens is 304 g/mol. The second kappa shape index (κ2) is 4.17. The Morgan fingerprint density at radius 3 is 2.59 bits per heavy atom. The van der Waals surface area contributed by atoms with Crippen LogP contribution in [0.5, 0.6) is 0 Å². The molecule has 0 fully saturated rings. The van der Waals surface area contributed by atoms with Gasteiger partial charge < -0.3 is 4.42 Å². The van der Waals surface area contributed by atoms with Gasteiger partial charge in [0.15, 0.2) is 0 Å². The van der Waals surface area contributed by atoms with Crippen molar-refractivity contribution >= 4 is 21.6 Å². The predicted octanol–water partition coefficient (Wildman–Crippen LogP) is 2.69. The van der Waals surface area contributed by atoms with E-state index in [9.17, 15) is 18.9 Å². The normalized spacial score (nSPS) is 10.5. The van der Waals surface area contributed by atoms with Crippen molar-refractivity contribution in [1.82, 2.24) is 10.2 Å². The molecule has 1 aromatic carbocycles. The summed E-state index contributed by atoms with van der Waals surface area (Å²) < 4.78 is 31.5. The smallest absolute Gasteiger partial charge is 0.308 e. The van der Waals surface area contributed by atoms with Gasteiger partial charge in [0.25, 0.3) is 10.7 Å². The van der Waals surface area contributed by atoms with Crippen LogP contribution in [0.15, 0.2) is 21.3 Å². The van der Waals surface area contributed by atoms with Gasteiger partial charge in [0.05, 0.1) is 16.6 Å². The van der Waals surface area contributed by atoms with Crippen molar-refractivity contribution < 1.29 is 18.1 Å². The first-order valence-corrected chi connectivity index (χ1v) is 4.91. The summed E-state index contributed by atoms with van der Waals surface area (Å²) in [6.45, 7) is 0. The molecule has 0 aliphatic carbocycles. The molecule has 0 amide bonds. The van der Waals surface area contributed by atoms with Gasteiger partial charge in [-0.1, -0.05) is 0 Å². The van der Waals surface area contributed by atoms with Gasteiger partial charge in [0, 0.05) is 15.9 Å². The summed E-state index contributed by atoms with van der Waals surface area (Å²) in [7, 11) is 0. The number of rotatable bonds is 2. The molecule has 0 saturated carbocycles. The number of aromatic nitrogens is 2. The molecule has 17 heavy (non-hydrogen) atoms. The van der Waals surface area contributed by atoms with Crippen LogP contribution >= 0.6 is 15.9 Å². The molecule has 2 rings (SSSR count). The zero-order valence-electron chi connectivity index (χ0n) is 7.85. The Hall–Kier alpha value is -1.90. The lowest BCUT2D eigenvalue weighted by Gasteiger charge is -1.99. The maximum Gasteiger partial charge on any atom is 0.308 e. The topological polar surface area (TPSA) is 82.1 Å². The Morgan fingerprint density at radius 2 is 2.06 bits per heavy atom. The van der Waals surface area contributed by atoms with Crippen LogP contribution in [0.25, 0.3) is 11.5 Å². The van der Waals surface area contributed by atoms with Crippen molar-refractivity contribution in [2.45, 2.75) is 0 Å². The number of hydrogen-bond donors (Lipinski definition) is 0. The van der Waals surface area contributed by atoms with E-state index in [4.69, 9.17) is 4.42 Å². The van der Waals surface area contributed by atoms with Crippen LogP contribution in [0.3, 0.4) is 0 Å². The number of nitrogens with zero attached hydrogens (tertiary/aromatic N) is 3. The quantitative estimate of drug-likeness (QED) is 0.629. The van der Waals surface area contributed by atoms with Crippen molar-refractivity contribution in [2.75, 3.05) is 0 Å². The maximum absolute atomic E-state index is 13.6. The molecule has 1 aromatic heterocycles. The van der Waals surface area contributed by atoms with Crippen LogP contribution < -0.4 is 0 Å². The van der Waals surface area contributed by atoms with Crippen molar-refractivity contribution in [3.05, 3.63) is 38.7 Å². The van der Waals surface area contributed by atoms with Gasteiger partial charge in [-0.15, -0.1) is 10.2 Å². The first-order chi connectivity index (χ1) is 7.99. The molecule has 0 spiro atoms. The fourth-order valence-electron chi connectivity index (χ4n) is 1.18. The Kier molecular flexibility index (Phi) is 2.84. The third-order valence-corrected chi connectivity index (χ3v) is 2.17. The van der Waals surface area contributed by atoms with E-state index in [0.29, 0.717) is 6.07 Å². The van der Waals surface area contributed by atoms with Crippen LogP contribution in [-0.2, 0) is 0 Å². The fourth-order valence-corrected chi connectivity index (χ4v) is 1.41. The van der Waals surface area contributed by atoms with E-state index in [1.165, 1.54) is 0 Å². The van der Waals surface area contributed by atoms with Crippen molar-refractivity contribution in [3.63, 3.8) is 0 Å². The number of hydrogen-bond acceptors (Lipinski definition) is 5. The lowest BCUT2D eigenvalue weighted by molar-refractivity contribution is -0.387. The Bertz CT molecular complexity index is 602. The van der Waals surface area contributed by atoms with E-state index in [0.717, 1.165) is 6.07 Å². The van der Waals surface area contributed by atoms with Crippen LogP contribution in [-0.4, -0.2) is 15.1 Å². The zero-order chi connectivity index (χ0) is 12.6. The molecule has 6 nitrogen and oxygen atoms in total. The lowest BCUT2D eigenvalue weighted by atomic mass is 10.2. The first-order valence-electron chi connectivity index (χ1n) is 4.12. The average molecular weight is 306 g/mol. The Labute approximate surface area is 101 Å². The standard InChI is InChI=1S/C8H2BrF2N3O3/c9-8-13-12-7(17-8)4-1-3(10)2-5(6(4)11)14(15)16/h1-2H. The van der Waals surface area contributed by atoms with Crippen LogP contribution in [0.4, 0.5) is 14.5 Å². The van der Waals surface area contributed by atoms with Gasteiger partial charge in [0.2, 0.25) is 5.82 Å². The number of halogens is 3. The molecule has 0 atom stereocenters. The molecule has 1 heterocycles. The number of nitro benzene ring substituents is 1. The highest BCUT2D eigenvalue weighted by molar-refractivity contribution is 9.10.